The van der Waals surface area contributed by atoms with E-state index in [9.17, 15) is 9.59 Å². The number of halogens is 1. The van der Waals surface area contributed by atoms with Crippen molar-refractivity contribution in [3.63, 3.8) is 0 Å². The van der Waals surface area contributed by atoms with Gasteiger partial charge in [0.05, 0.1) is 46.6 Å². The first-order valence-corrected chi connectivity index (χ1v) is 24.4. The average Bonchev–Trinajstić information content (AvgIpc) is 4.07. The molecule has 1 saturated carbocycles. The molecule has 344 valence electrons. The van der Waals surface area contributed by atoms with Crippen molar-refractivity contribution in [2.75, 3.05) is 31.1 Å². The SMILES string of the molecule is Cc1sc2c(c1C)C(c1ccc(N3CCC[C@H](C(=O)N4CCC[C@H](c5ccc(C(=O)NC6CCC(Oc7ccc(C#N)c(Cl)c7)CC6)nn5)C4)C3)cc1)=N[C@@H](Cc1ncco1)c1nnc(C)n1-2. The lowest BCUT2D eigenvalue weighted by molar-refractivity contribution is -0.137. The standard InChI is InChI=1S/C50H52ClN11O4S/c1-29-30(2)67-50-45(29)46(55-43(25-44-53-20-23-65-44)47-59-56-31(3)62(47)50)32-8-13-37(14-9-32)60-21-5-7-35(28-60)49(64)61-22-4-6-34(27-61)41-18-19-42(58-57-41)48(63)54-36-11-16-38(17-12-36)66-39-15-10-33(26-52)40(51)24-39/h8-10,13-15,18-20,23-24,34-36,38,43H,4-7,11-12,16-17,21-22,25,27-28H2,1-3H3,(H,54,63)/t34-,35-,36?,38?,43-/m0/s1. The van der Waals surface area contributed by atoms with E-state index in [1.807, 2.05) is 17.9 Å². The number of nitrogens with zero attached hydrogens (tertiary/aromatic N) is 10. The Hall–Kier alpha value is -6.44. The molecule has 15 nitrogen and oxygen atoms in total. The van der Waals surface area contributed by atoms with Gasteiger partial charge in [-0.05, 0) is 114 Å². The molecule has 6 aromatic rings. The summed E-state index contributed by atoms with van der Waals surface area (Å²) in [6.07, 6.45) is 10.4. The molecular formula is C50H52ClN11O4S. The number of benzene rings is 2. The van der Waals surface area contributed by atoms with Crippen LogP contribution < -0.4 is 15.0 Å². The Balaban J connectivity index is 0.756. The Morgan fingerprint density at radius 3 is 2.51 bits per heavy atom. The van der Waals surface area contributed by atoms with Gasteiger partial charge in [-0.1, -0.05) is 23.7 Å². The molecule has 0 spiro atoms. The highest BCUT2D eigenvalue weighted by atomic mass is 35.5. The Morgan fingerprint density at radius 2 is 1.76 bits per heavy atom. The van der Waals surface area contributed by atoms with E-state index in [2.05, 4.69) is 84.3 Å². The maximum Gasteiger partial charge on any atom is 0.272 e. The van der Waals surface area contributed by atoms with E-state index in [0.29, 0.717) is 41.7 Å². The van der Waals surface area contributed by atoms with E-state index >= 15 is 0 Å². The first-order valence-electron chi connectivity index (χ1n) is 23.2. The van der Waals surface area contributed by atoms with E-state index < -0.39 is 0 Å². The zero-order chi connectivity index (χ0) is 46.2. The predicted octanol–water partition coefficient (Wildman–Crippen LogP) is 8.43. The second-order valence-electron chi connectivity index (χ2n) is 18.1. The number of anilines is 1. The van der Waals surface area contributed by atoms with E-state index in [-0.39, 0.29) is 47.5 Å². The van der Waals surface area contributed by atoms with Crippen molar-refractivity contribution >= 4 is 46.2 Å². The van der Waals surface area contributed by atoms with Gasteiger partial charge in [0.2, 0.25) is 5.91 Å². The summed E-state index contributed by atoms with van der Waals surface area (Å²) in [4.78, 5) is 42.8. The van der Waals surface area contributed by atoms with Gasteiger partial charge in [-0.15, -0.1) is 26.6 Å². The zero-order valence-corrected chi connectivity index (χ0v) is 39.4. The molecule has 3 atom stereocenters. The summed E-state index contributed by atoms with van der Waals surface area (Å²) in [5.74, 6) is 2.71. The van der Waals surface area contributed by atoms with Crippen molar-refractivity contribution in [3.05, 3.63) is 128 Å². The molecule has 0 bridgehead atoms. The average molecular weight is 939 g/mol. The minimum absolute atomic E-state index is 0.00782. The fourth-order valence-corrected chi connectivity index (χ4v) is 11.5. The first kappa shape index (κ1) is 44.4. The van der Waals surface area contributed by atoms with Gasteiger partial charge in [0, 0.05) is 65.9 Å². The minimum Gasteiger partial charge on any atom is -0.490 e. The molecule has 4 aromatic heterocycles. The molecule has 1 aliphatic carbocycles. The Labute approximate surface area is 398 Å². The number of piperidine rings is 2. The highest BCUT2D eigenvalue weighted by Gasteiger charge is 2.35. The number of oxazole rings is 1. The van der Waals surface area contributed by atoms with Gasteiger partial charge in [-0.2, -0.15) is 10.4 Å². The topological polar surface area (TPSA) is 181 Å². The summed E-state index contributed by atoms with van der Waals surface area (Å²) in [5, 5.41) is 31.7. The van der Waals surface area contributed by atoms with Crippen LogP contribution in [0.15, 0.2) is 76.5 Å². The lowest BCUT2D eigenvalue weighted by Gasteiger charge is -2.39. The molecule has 1 N–H and O–H groups in total. The lowest BCUT2D eigenvalue weighted by Crippen LogP contribution is -2.47. The number of likely N-dealkylation sites (tertiary alicyclic amines) is 1. The molecule has 2 aromatic carbocycles. The normalized spacial score (nSPS) is 21.7. The first-order chi connectivity index (χ1) is 32.6. The van der Waals surface area contributed by atoms with Crippen LogP contribution >= 0.6 is 22.9 Å². The van der Waals surface area contributed by atoms with Gasteiger partial charge in [0.1, 0.15) is 34.9 Å². The van der Waals surface area contributed by atoms with Gasteiger partial charge < -0.3 is 24.3 Å². The van der Waals surface area contributed by atoms with Crippen LogP contribution in [0.25, 0.3) is 5.00 Å². The number of aromatic nitrogens is 6. The zero-order valence-electron chi connectivity index (χ0n) is 37.8. The van der Waals surface area contributed by atoms with Crippen LogP contribution in [0, 0.1) is 38.0 Å². The van der Waals surface area contributed by atoms with E-state index in [0.717, 1.165) is 109 Å². The van der Waals surface area contributed by atoms with Crippen molar-refractivity contribution in [2.45, 2.75) is 103 Å². The van der Waals surface area contributed by atoms with Crippen molar-refractivity contribution in [3.8, 4) is 16.8 Å². The number of rotatable bonds is 10. The van der Waals surface area contributed by atoms with Gasteiger partial charge in [0.25, 0.3) is 5.91 Å². The quantitative estimate of drug-likeness (QED) is 0.139. The Morgan fingerprint density at radius 1 is 0.940 bits per heavy atom. The summed E-state index contributed by atoms with van der Waals surface area (Å²) in [7, 11) is 0. The largest absolute Gasteiger partial charge is 0.490 e. The molecule has 7 heterocycles. The maximum atomic E-state index is 14.2. The molecule has 2 amide bonds. The fourth-order valence-electron chi connectivity index (χ4n) is 10.1. The van der Waals surface area contributed by atoms with Gasteiger partial charge >= 0.3 is 0 Å². The molecule has 10 rings (SSSR count). The van der Waals surface area contributed by atoms with Crippen LogP contribution in [0.3, 0.4) is 0 Å². The minimum atomic E-state index is -0.344. The second-order valence-corrected chi connectivity index (χ2v) is 19.8. The molecule has 3 aliphatic heterocycles. The fraction of sp³-hybridized carbons (Fsp3) is 0.420. The molecule has 4 aliphatic rings. The molecule has 17 heteroatoms. The van der Waals surface area contributed by atoms with E-state index in [1.54, 1.807) is 48.1 Å². The predicted molar refractivity (Wildman–Crippen MR) is 254 cm³/mol. The Bertz CT molecular complexity index is 2840. The summed E-state index contributed by atoms with van der Waals surface area (Å²) in [5.41, 5.74) is 6.79. The second kappa shape index (κ2) is 19.0. The van der Waals surface area contributed by atoms with Gasteiger partial charge in [-0.3, -0.25) is 19.1 Å². The molecule has 67 heavy (non-hydrogen) atoms. The van der Waals surface area contributed by atoms with Crippen LogP contribution in [-0.2, 0) is 11.2 Å². The van der Waals surface area contributed by atoms with Crippen LogP contribution in [0.1, 0.15) is 124 Å². The number of carbonyl (C=O) groups is 2. The number of hydrogen-bond acceptors (Lipinski definition) is 13. The summed E-state index contributed by atoms with van der Waals surface area (Å²) in [6.45, 7) is 9.13. The van der Waals surface area contributed by atoms with Crippen molar-refractivity contribution in [1.29, 1.82) is 5.26 Å². The summed E-state index contributed by atoms with van der Waals surface area (Å²) < 4.78 is 13.9. The van der Waals surface area contributed by atoms with Crippen molar-refractivity contribution in [2.24, 2.45) is 10.9 Å². The van der Waals surface area contributed by atoms with Crippen LogP contribution in [0.2, 0.25) is 5.02 Å². The number of nitrogens with one attached hydrogen (secondary N) is 1. The smallest absolute Gasteiger partial charge is 0.272 e. The third-order valence-corrected chi connectivity index (χ3v) is 15.3. The van der Waals surface area contributed by atoms with Crippen molar-refractivity contribution in [1.82, 2.24) is 40.2 Å². The molecule has 0 unspecified atom stereocenters. The number of aryl methyl sites for hydroxylation is 2. The monoisotopic (exact) mass is 937 g/mol. The number of thiophene rings is 1. The van der Waals surface area contributed by atoms with Crippen LogP contribution in [0.4, 0.5) is 5.69 Å². The molecule has 3 fully saturated rings. The molecule has 0 radical (unpaired) electrons. The number of ether oxygens (including phenoxy) is 1. The number of hydrogen-bond donors (Lipinski definition) is 1. The summed E-state index contributed by atoms with van der Waals surface area (Å²) in [6, 6.07) is 19.1. The van der Waals surface area contributed by atoms with Gasteiger partial charge in [-0.25, -0.2) is 4.98 Å². The van der Waals surface area contributed by atoms with E-state index in [4.69, 9.17) is 31.0 Å². The third kappa shape index (κ3) is 9.19. The number of aliphatic imine (C=N–C) groups is 1. The third-order valence-electron chi connectivity index (χ3n) is 13.8. The number of amides is 2. The highest BCUT2D eigenvalue weighted by molar-refractivity contribution is 7.15. The van der Waals surface area contributed by atoms with Crippen LogP contribution in [0.5, 0.6) is 5.75 Å². The number of nitriles is 1. The highest BCUT2D eigenvalue weighted by Crippen LogP contribution is 2.40. The molecule has 2 saturated heterocycles. The number of fused-ring (bicyclic) bond motifs is 3. The maximum absolute atomic E-state index is 14.2. The van der Waals surface area contributed by atoms with Crippen LogP contribution in [-0.4, -0.2) is 90.7 Å². The number of carbonyl (C=O) groups excluding carboxylic acids is 2. The lowest BCUT2D eigenvalue weighted by atomic mass is 9.91. The van der Waals surface area contributed by atoms with Crippen molar-refractivity contribution < 1.29 is 18.7 Å². The molecular weight excluding hydrogens is 886 g/mol. The Kier molecular flexibility index (Phi) is 12.6. The summed E-state index contributed by atoms with van der Waals surface area (Å²) >= 11 is 7.92. The van der Waals surface area contributed by atoms with E-state index in [1.165, 1.54) is 10.4 Å². The van der Waals surface area contributed by atoms with Gasteiger partial charge in [0.15, 0.2) is 17.4 Å².